The molecule has 0 amide bonds. The van der Waals surface area contributed by atoms with Gasteiger partial charge in [0.1, 0.15) is 6.07 Å². The molecule has 5 nitrogen and oxygen atoms in total. The van der Waals surface area contributed by atoms with Crippen molar-refractivity contribution in [2.24, 2.45) is 0 Å². The van der Waals surface area contributed by atoms with Gasteiger partial charge < -0.3 is 0 Å². The van der Waals surface area contributed by atoms with Crippen molar-refractivity contribution in [3.05, 3.63) is 23.0 Å². The lowest BCUT2D eigenvalue weighted by Gasteiger charge is -2.01. The highest BCUT2D eigenvalue weighted by Crippen LogP contribution is 2.16. The zero-order valence-electron chi connectivity index (χ0n) is 8.92. The SMILES string of the molecule is CCCCc1c(C#N)nnn1-c1nccs1. The highest BCUT2D eigenvalue weighted by molar-refractivity contribution is 7.12. The zero-order valence-corrected chi connectivity index (χ0v) is 9.74. The van der Waals surface area contributed by atoms with Crippen LogP contribution in [0.25, 0.3) is 5.13 Å². The van der Waals surface area contributed by atoms with Crippen LogP contribution in [0.1, 0.15) is 31.2 Å². The van der Waals surface area contributed by atoms with E-state index in [-0.39, 0.29) is 0 Å². The molecule has 0 N–H and O–H groups in total. The summed E-state index contributed by atoms with van der Waals surface area (Å²) in [7, 11) is 0. The van der Waals surface area contributed by atoms with Crippen molar-refractivity contribution in [3.8, 4) is 11.2 Å². The van der Waals surface area contributed by atoms with Crippen molar-refractivity contribution in [2.75, 3.05) is 0 Å². The second-order valence-corrected chi connectivity index (χ2v) is 4.20. The molecule has 2 aromatic rings. The van der Waals surface area contributed by atoms with Gasteiger partial charge in [-0.25, -0.2) is 4.98 Å². The Labute approximate surface area is 97.4 Å². The lowest BCUT2D eigenvalue weighted by atomic mass is 10.2. The smallest absolute Gasteiger partial charge is 0.211 e. The summed E-state index contributed by atoms with van der Waals surface area (Å²) in [4.78, 5) is 4.17. The molecule has 0 saturated heterocycles. The summed E-state index contributed by atoms with van der Waals surface area (Å²) in [5.74, 6) is 0. The molecule has 6 heteroatoms. The van der Waals surface area contributed by atoms with E-state index in [1.165, 1.54) is 11.3 Å². The minimum atomic E-state index is 0.406. The van der Waals surface area contributed by atoms with Gasteiger partial charge in [-0.1, -0.05) is 18.6 Å². The van der Waals surface area contributed by atoms with E-state index >= 15 is 0 Å². The van der Waals surface area contributed by atoms with E-state index in [1.54, 1.807) is 10.9 Å². The van der Waals surface area contributed by atoms with E-state index in [2.05, 4.69) is 28.3 Å². The number of rotatable bonds is 4. The lowest BCUT2D eigenvalue weighted by Crippen LogP contribution is -2.02. The molecule has 0 aliphatic carbocycles. The van der Waals surface area contributed by atoms with Crippen LogP contribution in [-0.2, 0) is 6.42 Å². The van der Waals surface area contributed by atoms with Crippen LogP contribution in [0.2, 0.25) is 0 Å². The van der Waals surface area contributed by atoms with E-state index in [4.69, 9.17) is 5.26 Å². The molecular formula is C10H11N5S. The number of nitrogens with zero attached hydrogens (tertiary/aromatic N) is 5. The van der Waals surface area contributed by atoms with Crippen LogP contribution in [-0.4, -0.2) is 20.0 Å². The van der Waals surface area contributed by atoms with Gasteiger partial charge >= 0.3 is 0 Å². The number of hydrogen-bond acceptors (Lipinski definition) is 5. The number of unbranched alkanes of at least 4 members (excludes halogenated alkanes) is 1. The molecule has 0 radical (unpaired) electrons. The van der Waals surface area contributed by atoms with Gasteiger partial charge in [0, 0.05) is 11.6 Å². The van der Waals surface area contributed by atoms with E-state index in [9.17, 15) is 0 Å². The van der Waals surface area contributed by atoms with Gasteiger partial charge in [-0.2, -0.15) is 9.94 Å². The zero-order chi connectivity index (χ0) is 11.4. The number of aromatic nitrogens is 4. The summed E-state index contributed by atoms with van der Waals surface area (Å²) in [6, 6.07) is 2.07. The van der Waals surface area contributed by atoms with Crippen LogP contribution in [0.4, 0.5) is 0 Å². The Balaban J connectivity index is 2.38. The molecule has 82 valence electrons. The molecule has 0 aliphatic heterocycles. The van der Waals surface area contributed by atoms with Crippen molar-refractivity contribution in [2.45, 2.75) is 26.2 Å². The molecule has 0 spiro atoms. The maximum Gasteiger partial charge on any atom is 0.211 e. The molecule has 0 bridgehead atoms. The fourth-order valence-electron chi connectivity index (χ4n) is 1.43. The predicted molar refractivity (Wildman–Crippen MR) is 60.4 cm³/mol. The third-order valence-electron chi connectivity index (χ3n) is 2.24. The van der Waals surface area contributed by atoms with Crippen LogP contribution in [0.5, 0.6) is 0 Å². The topological polar surface area (TPSA) is 67.4 Å². The number of hydrogen-bond donors (Lipinski definition) is 0. The molecule has 0 saturated carbocycles. The molecule has 0 aliphatic rings. The first-order chi connectivity index (χ1) is 7.86. The lowest BCUT2D eigenvalue weighted by molar-refractivity contribution is 0.712. The molecule has 0 atom stereocenters. The molecule has 2 rings (SSSR count). The Morgan fingerprint density at radius 1 is 1.56 bits per heavy atom. The normalized spacial score (nSPS) is 10.2. The highest BCUT2D eigenvalue weighted by Gasteiger charge is 2.14. The standard InChI is InChI=1S/C10H11N5S/c1-2-3-4-9-8(7-11)13-14-15(9)10-12-5-6-16-10/h5-6H,2-4H2,1H3. The molecule has 2 heterocycles. The predicted octanol–water partition coefficient (Wildman–Crippen LogP) is 1.94. The van der Waals surface area contributed by atoms with Crippen LogP contribution < -0.4 is 0 Å². The first-order valence-corrected chi connectivity index (χ1v) is 5.99. The Morgan fingerprint density at radius 2 is 2.44 bits per heavy atom. The molecular weight excluding hydrogens is 222 g/mol. The average Bonchev–Trinajstić information content (AvgIpc) is 2.94. The summed E-state index contributed by atoms with van der Waals surface area (Å²) in [5.41, 5.74) is 1.27. The van der Waals surface area contributed by atoms with Crippen LogP contribution in [0.3, 0.4) is 0 Å². The first-order valence-electron chi connectivity index (χ1n) is 5.11. The monoisotopic (exact) mass is 233 g/mol. The third-order valence-corrected chi connectivity index (χ3v) is 2.98. The molecule has 2 aromatic heterocycles. The number of thiazole rings is 1. The Morgan fingerprint density at radius 3 is 3.06 bits per heavy atom. The van der Waals surface area contributed by atoms with E-state index in [0.717, 1.165) is 30.1 Å². The van der Waals surface area contributed by atoms with E-state index < -0.39 is 0 Å². The average molecular weight is 233 g/mol. The fourth-order valence-corrected chi connectivity index (χ4v) is 2.04. The van der Waals surface area contributed by atoms with Crippen molar-refractivity contribution in [1.82, 2.24) is 20.0 Å². The highest BCUT2D eigenvalue weighted by atomic mass is 32.1. The van der Waals surface area contributed by atoms with Gasteiger partial charge in [-0.05, 0) is 12.8 Å². The summed E-state index contributed by atoms with van der Waals surface area (Å²) in [6.07, 6.45) is 4.63. The fraction of sp³-hybridized carbons (Fsp3) is 0.400. The van der Waals surface area contributed by atoms with Crippen molar-refractivity contribution < 1.29 is 0 Å². The number of nitriles is 1. The summed E-state index contributed by atoms with van der Waals surface area (Å²) >= 11 is 1.49. The van der Waals surface area contributed by atoms with Gasteiger partial charge in [0.2, 0.25) is 5.13 Å². The quantitative estimate of drug-likeness (QED) is 0.809. The third kappa shape index (κ3) is 1.95. The Kier molecular flexibility index (Phi) is 3.27. The van der Waals surface area contributed by atoms with E-state index in [1.807, 2.05) is 5.38 Å². The summed E-state index contributed by atoms with van der Waals surface area (Å²) < 4.78 is 1.67. The van der Waals surface area contributed by atoms with Crippen molar-refractivity contribution in [1.29, 1.82) is 5.26 Å². The van der Waals surface area contributed by atoms with Crippen LogP contribution in [0, 0.1) is 11.3 Å². The minimum Gasteiger partial charge on any atom is -0.227 e. The maximum absolute atomic E-state index is 8.95. The van der Waals surface area contributed by atoms with Gasteiger partial charge in [0.25, 0.3) is 0 Å². The molecule has 0 aromatic carbocycles. The maximum atomic E-state index is 8.95. The molecule has 0 fully saturated rings. The summed E-state index contributed by atoms with van der Waals surface area (Å²) in [5, 5.41) is 19.4. The summed E-state index contributed by atoms with van der Waals surface area (Å²) in [6.45, 7) is 2.11. The van der Waals surface area contributed by atoms with E-state index in [0.29, 0.717) is 5.69 Å². The van der Waals surface area contributed by atoms with Gasteiger partial charge in [-0.15, -0.1) is 16.4 Å². The van der Waals surface area contributed by atoms with Crippen molar-refractivity contribution >= 4 is 11.3 Å². The van der Waals surface area contributed by atoms with Crippen LogP contribution >= 0.6 is 11.3 Å². The van der Waals surface area contributed by atoms with Gasteiger partial charge in [0.15, 0.2) is 5.69 Å². The second kappa shape index (κ2) is 4.86. The first kappa shape index (κ1) is 10.8. The van der Waals surface area contributed by atoms with Gasteiger partial charge in [0.05, 0.1) is 5.69 Å². The van der Waals surface area contributed by atoms with Crippen LogP contribution in [0.15, 0.2) is 11.6 Å². The minimum absolute atomic E-state index is 0.406. The van der Waals surface area contributed by atoms with Crippen molar-refractivity contribution in [3.63, 3.8) is 0 Å². The second-order valence-electron chi connectivity index (χ2n) is 3.33. The molecule has 16 heavy (non-hydrogen) atoms. The Bertz CT molecular complexity index is 494. The Hall–Kier alpha value is -1.74. The molecule has 0 unspecified atom stereocenters. The largest absolute Gasteiger partial charge is 0.227 e. The van der Waals surface area contributed by atoms with Gasteiger partial charge in [-0.3, -0.25) is 0 Å².